The summed E-state index contributed by atoms with van der Waals surface area (Å²) in [6.07, 6.45) is 4.84. The molecule has 0 spiro atoms. The van der Waals surface area contributed by atoms with Gasteiger partial charge in [-0.05, 0) is 19.1 Å². The Balaban J connectivity index is 2.05. The summed E-state index contributed by atoms with van der Waals surface area (Å²) in [4.78, 5) is 24.2. The van der Waals surface area contributed by atoms with E-state index in [2.05, 4.69) is 25.6 Å². The van der Waals surface area contributed by atoms with Crippen molar-refractivity contribution < 1.29 is 4.79 Å². The maximum Gasteiger partial charge on any atom is 0.255 e. The van der Waals surface area contributed by atoms with Crippen LogP contribution in [0.2, 0.25) is 0 Å². The number of nitrogens with zero attached hydrogens (tertiary/aromatic N) is 3. The first-order valence-electron chi connectivity index (χ1n) is 5.89. The van der Waals surface area contributed by atoms with Gasteiger partial charge in [0.15, 0.2) is 0 Å². The quantitative estimate of drug-likeness (QED) is 0.859. The summed E-state index contributed by atoms with van der Waals surface area (Å²) in [6.45, 7) is 2.17. The van der Waals surface area contributed by atoms with Crippen molar-refractivity contribution in [1.82, 2.24) is 20.3 Å². The van der Waals surface area contributed by atoms with Crippen LogP contribution in [0.1, 0.15) is 21.9 Å². The van der Waals surface area contributed by atoms with Crippen LogP contribution >= 0.6 is 0 Å². The Morgan fingerprint density at radius 2 is 2.16 bits per heavy atom. The zero-order valence-electron chi connectivity index (χ0n) is 10.8. The van der Waals surface area contributed by atoms with Crippen LogP contribution in [0.5, 0.6) is 0 Å². The van der Waals surface area contributed by atoms with Crippen molar-refractivity contribution >= 4 is 11.6 Å². The molecule has 2 heterocycles. The third-order valence-electron chi connectivity index (χ3n) is 2.60. The summed E-state index contributed by atoms with van der Waals surface area (Å²) in [5, 5.41) is 5.77. The van der Waals surface area contributed by atoms with E-state index in [9.17, 15) is 4.79 Å². The number of carbonyl (C=O) groups is 1. The van der Waals surface area contributed by atoms with Gasteiger partial charge in [0.05, 0.1) is 17.8 Å². The Labute approximate surface area is 111 Å². The molecule has 0 aliphatic carbocycles. The number of rotatable bonds is 4. The summed E-state index contributed by atoms with van der Waals surface area (Å²) in [5.41, 5.74) is 2.03. The van der Waals surface area contributed by atoms with Crippen LogP contribution in [-0.2, 0) is 6.54 Å². The van der Waals surface area contributed by atoms with Crippen molar-refractivity contribution in [3.05, 3.63) is 47.8 Å². The molecule has 0 saturated heterocycles. The predicted molar refractivity (Wildman–Crippen MR) is 71.7 cm³/mol. The van der Waals surface area contributed by atoms with Crippen molar-refractivity contribution in [3.8, 4) is 0 Å². The number of carbonyl (C=O) groups excluding carboxylic acids is 1. The molecule has 0 saturated carbocycles. The van der Waals surface area contributed by atoms with Crippen LogP contribution < -0.4 is 10.6 Å². The molecule has 1 amide bonds. The molecular formula is C13H15N5O. The van der Waals surface area contributed by atoms with Crippen LogP contribution in [0, 0.1) is 6.92 Å². The summed E-state index contributed by atoms with van der Waals surface area (Å²) in [5.74, 6) is 0.498. The van der Waals surface area contributed by atoms with Gasteiger partial charge < -0.3 is 10.6 Å². The standard InChI is InChI=1S/C13H15N5O/c1-9-16-6-3-10(18-9)7-17-13(19)11-8-15-5-4-12(11)14-2/h3-6,8H,7H2,1-2H3,(H,14,15)(H,17,19). The van der Waals surface area contributed by atoms with Crippen LogP contribution in [0.4, 0.5) is 5.69 Å². The monoisotopic (exact) mass is 257 g/mol. The van der Waals surface area contributed by atoms with Gasteiger partial charge in [0, 0.05) is 31.3 Å². The van der Waals surface area contributed by atoms with Gasteiger partial charge in [0.1, 0.15) is 5.82 Å². The normalized spacial score (nSPS) is 10.0. The van der Waals surface area contributed by atoms with E-state index < -0.39 is 0 Å². The largest absolute Gasteiger partial charge is 0.387 e. The number of amides is 1. The maximum atomic E-state index is 12.0. The number of hydrogen-bond donors (Lipinski definition) is 2. The van der Waals surface area contributed by atoms with E-state index in [4.69, 9.17) is 0 Å². The molecule has 0 fully saturated rings. The number of anilines is 1. The maximum absolute atomic E-state index is 12.0. The topological polar surface area (TPSA) is 79.8 Å². The molecule has 6 heteroatoms. The number of hydrogen-bond acceptors (Lipinski definition) is 5. The van der Waals surface area contributed by atoms with Crippen molar-refractivity contribution in [2.45, 2.75) is 13.5 Å². The van der Waals surface area contributed by atoms with E-state index >= 15 is 0 Å². The van der Waals surface area contributed by atoms with Crippen molar-refractivity contribution in [2.75, 3.05) is 12.4 Å². The second-order valence-corrected chi connectivity index (χ2v) is 3.95. The second kappa shape index (κ2) is 5.90. The molecule has 2 N–H and O–H groups in total. The van der Waals surface area contributed by atoms with Gasteiger partial charge in [-0.3, -0.25) is 9.78 Å². The fourth-order valence-corrected chi connectivity index (χ4v) is 1.66. The molecular weight excluding hydrogens is 242 g/mol. The van der Waals surface area contributed by atoms with E-state index in [1.54, 1.807) is 31.6 Å². The highest BCUT2D eigenvalue weighted by Crippen LogP contribution is 2.12. The molecule has 0 atom stereocenters. The fourth-order valence-electron chi connectivity index (χ4n) is 1.66. The first-order valence-corrected chi connectivity index (χ1v) is 5.89. The summed E-state index contributed by atoms with van der Waals surface area (Å²) in [6, 6.07) is 3.53. The van der Waals surface area contributed by atoms with Crippen molar-refractivity contribution in [2.24, 2.45) is 0 Å². The van der Waals surface area contributed by atoms with Gasteiger partial charge in [-0.25, -0.2) is 9.97 Å². The second-order valence-electron chi connectivity index (χ2n) is 3.95. The van der Waals surface area contributed by atoms with Crippen molar-refractivity contribution in [1.29, 1.82) is 0 Å². The zero-order chi connectivity index (χ0) is 13.7. The van der Waals surface area contributed by atoms with Crippen LogP contribution in [0.3, 0.4) is 0 Å². The van der Waals surface area contributed by atoms with Crippen LogP contribution in [0.25, 0.3) is 0 Å². The smallest absolute Gasteiger partial charge is 0.255 e. The highest BCUT2D eigenvalue weighted by atomic mass is 16.1. The van der Waals surface area contributed by atoms with Gasteiger partial charge in [0.25, 0.3) is 5.91 Å². The molecule has 98 valence electrons. The molecule has 2 aromatic rings. The Hall–Kier alpha value is -2.50. The predicted octanol–water partition coefficient (Wildman–Crippen LogP) is 1.15. The lowest BCUT2D eigenvalue weighted by Crippen LogP contribution is -2.24. The molecule has 0 aliphatic rings. The van der Waals surface area contributed by atoms with E-state index in [0.29, 0.717) is 17.9 Å². The highest BCUT2D eigenvalue weighted by Gasteiger charge is 2.10. The summed E-state index contributed by atoms with van der Waals surface area (Å²) < 4.78 is 0. The average Bonchev–Trinajstić information content (AvgIpc) is 2.45. The van der Waals surface area contributed by atoms with Gasteiger partial charge >= 0.3 is 0 Å². The third-order valence-corrected chi connectivity index (χ3v) is 2.60. The number of nitrogens with one attached hydrogen (secondary N) is 2. The van der Waals surface area contributed by atoms with E-state index in [1.165, 1.54) is 6.20 Å². The molecule has 0 radical (unpaired) electrons. The minimum Gasteiger partial charge on any atom is -0.387 e. The molecule has 0 bridgehead atoms. The Morgan fingerprint density at radius 1 is 1.32 bits per heavy atom. The molecule has 2 aromatic heterocycles. The number of pyridine rings is 1. The van der Waals surface area contributed by atoms with E-state index in [1.807, 2.05) is 6.92 Å². The SMILES string of the molecule is CNc1ccncc1C(=O)NCc1ccnc(C)n1. The van der Waals surface area contributed by atoms with E-state index in [0.717, 1.165) is 11.4 Å². The van der Waals surface area contributed by atoms with E-state index in [-0.39, 0.29) is 5.91 Å². The summed E-state index contributed by atoms with van der Waals surface area (Å²) >= 11 is 0. The minimum absolute atomic E-state index is 0.186. The zero-order valence-corrected chi connectivity index (χ0v) is 10.8. The Bertz CT molecular complexity index is 585. The number of aryl methyl sites for hydroxylation is 1. The van der Waals surface area contributed by atoms with Crippen LogP contribution in [-0.4, -0.2) is 27.9 Å². The lowest BCUT2D eigenvalue weighted by atomic mass is 10.2. The summed E-state index contributed by atoms with van der Waals surface area (Å²) in [7, 11) is 1.76. The molecule has 2 rings (SSSR count). The molecule has 0 aliphatic heterocycles. The first kappa shape index (κ1) is 12.9. The molecule has 6 nitrogen and oxygen atoms in total. The number of aromatic nitrogens is 3. The lowest BCUT2D eigenvalue weighted by molar-refractivity contribution is 0.0951. The molecule has 0 aromatic carbocycles. The van der Waals surface area contributed by atoms with Crippen molar-refractivity contribution in [3.63, 3.8) is 0 Å². The van der Waals surface area contributed by atoms with Crippen LogP contribution in [0.15, 0.2) is 30.7 Å². The first-order chi connectivity index (χ1) is 9.20. The van der Waals surface area contributed by atoms with Gasteiger partial charge in [-0.1, -0.05) is 0 Å². The average molecular weight is 257 g/mol. The fraction of sp³-hybridized carbons (Fsp3) is 0.231. The van der Waals surface area contributed by atoms with Gasteiger partial charge in [0.2, 0.25) is 0 Å². The molecule has 0 unspecified atom stereocenters. The van der Waals surface area contributed by atoms with Gasteiger partial charge in [-0.2, -0.15) is 0 Å². The third kappa shape index (κ3) is 3.25. The Kier molecular flexibility index (Phi) is 4.02. The highest BCUT2D eigenvalue weighted by molar-refractivity contribution is 5.99. The molecule has 19 heavy (non-hydrogen) atoms. The Morgan fingerprint density at radius 3 is 2.89 bits per heavy atom. The van der Waals surface area contributed by atoms with Gasteiger partial charge in [-0.15, -0.1) is 0 Å². The lowest BCUT2D eigenvalue weighted by Gasteiger charge is -2.08. The minimum atomic E-state index is -0.186.